The normalized spacial score (nSPS) is 18.3. The molecule has 1 aromatic heterocycles. The van der Waals surface area contributed by atoms with Gasteiger partial charge in [-0.05, 0) is 43.3 Å². The first-order valence-electron chi connectivity index (χ1n) is 9.08. The van der Waals surface area contributed by atoms with Gasteiger partial charge in [-0.25, -0.2) is 0 Å². The largest absolute Gasteiger partial charge is 0.507 e. The third-order valence-corrected chi connectivity index (χ3v) is 4.87. The highest BCUT2D eigenvalue weighted by Gasteiger charge is 2.48. The van der Waals surface area contributed by atoms with Crippen molar-refractivity contribution in [1.29, 1.82) is 0 Å². The van der Waals surface area contributed by atoms with Crippen molar-refractivity contribution in [1.82, 2.24) is 0 Å². The highest BCUT2D eigenvalue weighted by molar-refractivity contribution is 6.51. The van der Waals surface area contributed by atoms with Crippen LogP contribution < -0.4 is 9.64 Å². The molecule has 2 aromatic carbocycles. The smallest absolute Gasteiger partial charge is 0.300 e. The molecule has 1 aliphatic heterocycles. The maximum Gasteiger partial charge on any atom is 0.300 e. The van der Waals surface area contributed by atoms with Gasteiger partial charge < -0.3 is 14.3 Å². The summed E-state index contributed by atoms with van der Waals surface area (Å²) in [4.78, 5) is 27.2. The van der Waals surface area contributed by atoms with Crippen LogP contribution in [0.2, 0.25) is 0 Å². The monoisotopic (exact) mass is 389 g/mol. The summed E-state index contributed by atoms with van der Waals surface area (Å²) in [6.45, 7) is 1.78. The van der Waals surface area contributed by atoms with Crippen molar-refractivity contribution in [3.05, 3.63) is 89.4 Å². The molecule has 2 heterocycles. The van der Waals surface area contributed by atoms with Crippen LogP contribution in [0.1, 0.15) is 23.1 Å². The van der Waals surface area contributed by atoms with Crippen molar-refractivity contribution in [2.75, 3.05) is 12.0 Å². The number of hydrogen-bond donors (Lipinski definition) is 1. The summed E-state index contributed by atoms with van der Waals surface area (Å²) >= 11 is 0. The van der Waals surface area contributed by atoms with Crippen molar-refractivity contribution in [2.24, 2.45) is 0 Å². The summed E-state index contributed by atoms with van der Waals surface area (Å²) in [5, 5.41) is 10.9. The van der Waals surface area contributed by atoms with Gasteiger partial charge in [0.15, 0.2) is 0 Å². The number of aliphatic hydroxyl groups is 1. The minimum absolute atomic E-state index is 0.00799. The first kappa shape index (κ1) is 18.6. The molecule has 146 valence electrons. The third-order valence-electron chi connectivity index (χ3n) is 4.87. The number of furan rings is 1. The second-order valence-electron chi connectivity index (χ2n) is 6.68. The molecule has 0 radical (unpaired) electrons. The molecule has 1 amide bonds. The third kappa shape index (κ3) is 3.18. The van der Waals surface area contributed by atoms with Crippen LogP contribution in [0, 0.1) is 6.92 Å². The zero-order chi connectivity index (χ0) is 20.5. The predicted molar refractivity (Wildman–Crippen MR) is 108 cm³/mol. The Bertz CT molecular complexity index is 1100. The Kier molecular flexibility index (Phi) is 4.68. The van der Waals surface area contributed by atoms with E-state index >= 15 is 0 Å². The number of carbonyl (C=O) groups is 2. The van der Waals surface area contributed by atoms with Gasteiger partial charge in [0.2, 0.25) is 0 Å². The fraction of sp³-hybridized carbons (Fsp3) is 0.130. The van der Waals surface area contributed by atoms with Crippen molar-refractivity contribution >= 4 is 23.1 Å². The van der Waals surface area contributed by atoms with Crippen molar-refractivity contribution in [3.8, 4) is 5.75 Å². The number of ketones is 1. The van der Waals surface area contributed by atoms with Crippen LogP contribution >= 0.6 is 0 Å². The molecule has 29 heavy (non-hydrogen) atoms. The Morgan fingerprint density at radius 1 is 1.00 bits per heavy atom. The second-order valence-corrected chi connectivity index (χ2v) is 6.68. The zero-order valence-electron chi connectivity index (χ0n) is 16.0. The lowest BCUT2D eigenvalue weighted by molar-refractivity contribution is -0.132. The van der Waals surface area contributed by atoms with Gasteiger partial charge in [-0.1, -0.05) is 30.3 Å². The summed E-state index contributed by atoms with van der Waals surface area (Å²) in [5.74, 6) is -0.0676. The summed E-state index contributed by atoms with van der Waals surface area (Å²) < 4.78 is 10.9. The Balaban J connectivity index is 1.91. The fourth-order valence-electron chi connectivity index (χ4n) is 3.46. The van der Waals surface area contributed by atoms with E-state index in [0.29, 0.717) is 28.5 Å². The van der Waals surface area contributed by atoms with Crippen LogP contribution in [-0.2, 0) is 9.59 Å². The molecule has 3 aromatic rings. The first-order chi connectivity index (χ1) is 14.0. The Hall–Kier alpha value is -3.80. The molecule has 1 fully saturated rings. The van der Waals surface area contributed by atoms with E-state index in [1.807, 2.05) is 0 Å². The molecule has 0 aliphatic carbocycles. The lowest BCUT2D eigenvalue weighted by Gasteiger charge is -2.23. The minimum Gasteiger partial charge on any atom is -0.507 e. The van der Waals surface area contributed by atoms with Crippen LogP contribution in [0.25, 0.3) is 5.76 Å². The lowest BCUT2D eigenvalue weighted by Crippen LogP contribution is -2.29. The number of rotatable bonds is 4. The van der Waals surface area contributed by atoms with Crippen LogP contribution in [0.5, 0.6) is 5.75 Å². The summed E-state index contributed by atoms with van der Waals surface area (Å²) in [6.07, 6.45) is 0. The average Bonchev–Trinajstić information content (AvgIpc) is 3.29. The van der Waals surface area contributed by atoms with Gasteiger partial charge in [0.05, 0.1) is 12.7 Å². The maximum atomic E-state index is 13.0. The Morgan fingerprint density at radius 2 is 1.69 bits per heavy atom. The molecule has 4 rings (SSSR count). The quantitative estimate of drug-likeness (QED) is 0.410. The van der Waals surface area contributed by atoms with Gasteiger partial charge in [-0.2, -0.15) is 0 Å². The fourth-order valence-corrected chi connectivity index (χ4v) is 3.46. The van der Waals surface area contributed by atoms with E-state index < -0.39 is 17.7 Å². The van der Waals surface area contributed by atoms with Crippen LogP contribution in [0.15, 0.2) is 76.7 Å². The second kappa shape index (κ2) is 7.31. The minimum atomic E-state index is -0.877. The molecule has 1 saturated heterocycles. The van der Waals surface area contributed by atoms with Gasteiger partial charge in [0.1, 0.15) is 29.1 Å². The van der Waals surface area contributed by atoms with E-state index in [1.165, 1.54) is 4.90 Å². The molecular weight excluding hydrogens is 370 g/mol. The van der Waals surface area contributed by atoms with Crippen LogP contribution in [0.3, 0.4) is 0 Å². The molecule has 1 aliphatic rings. The molecule has 0 spiro atoms. The van der Waals surface area contributed by atoms with E-state index in [1.54, 1.807) is 80.8 Å². The van der Waals surface area contributed by atoms with Crippen molar-refractivity contribution < 1.29 is 23.8 Å². The van der Waals surface area contributed by atoms with Crippen LogP contribution in [0.4, 0.5) is 5.69 Å². The van der Waals surface area contributed by atoms with Gasteiger partial charge in [0, 0.05) is 11.3 Å². The molecule has 6 nitrogen and oxygen atoms in total. The molecule has 1 unspecified atom stereocenters. The van der Waals surface area contributed by atoms with Gasteiger partial charge in [-0.3, -0.25) is 14.5 Å². The summed E-state index contributed by atoms with van der Waals surface area (Å²) in [7, 11) is 1.55. The number of aryl methyl sites for hydroxylation is 1. The summed E-state index contributed by atoms with van der Waals surface area (Å²) in [5.41, 5.74) is 0.943. The predicted octanol–water partition coefficient (Wildman–Crippen LogP) is 4.22. The SMILES string of the molecule is COc1ccc(N2C(=O)C(=O)/C(=C(\O)c3ccccc3)C2c2ccc(C)o2)cc1. The number of carbonyl (C=O) groups excluding carboxylic acids is 2. The number of methoxy groups -OCH3 is 1. The maximum absolute atomic E-state index is 13.0. The topological polar surface area (TPSA) is 80.0 Å². The highest BCUT2D eigenvalue weighted by Crippen LogP contribution is 2.42. The number of aliphatic hydroxyl groups excluding tert-OH is 1. The number of hydrogen-bond acceptors (Lipinski definition) is 5. The summed E-state index contributed by atoms with van der Waals surface area (Å²) in [6, 6.07) is 18.0. The van der Waals surface area contributed by atoms with Crippen LogP contribution in [-0.4, -0.2) is 23.9 Å². The van der Waals surface area contributed by atoms with E-state index in [0.717, 1.165) is 0 Å². The number of Topliss-reactive ketones (excluding diaryl/α,β-unsaturated/α-hetero) is 1. The number of anilines is 1. The molecular formula is C23H19NO5. The van der Waals surface area contributed by atoms with Gasteiger partial charge >= 0.3 is 0 Å². The Morgan fingerprint density at radius 3 is 2.28 bits per heavy atom. The number of nitrogens with zero attached hydrogens (tertiary/aromatic N) is 1. The number of amides is 1. The molecule has 1 N–H and O–H groups in total. The van der Waals surface area contributed by atoms with Gasteiger partial charge in [-0.15, -0.1) is 0 Å². The van der Waals surface area contributed by atoms with Crippen molar-refractivity contribution in [2.45, 2.75) is 13.0 Å². The molecule has 1 atom stereocenters. The van der Waals surface area contributed by atoms with E-state index in [4.69, 9.17) is 9.15 Å². The average molecular weight is 389 g/mol. The zero-order valence-corrected chi connectivity index (χ0v) is 16.0. The van der Waals surface area contributed by atoms with Gasteiger partial charge in [0.25, 0.3) is 11.7 Å². The lowest BCUT2D eigenvalue weighted by atomic mass is 9.99. The Labute approximate surface area is 167 Å². The van der Waals surface area contributed by atoms with E-state index in [9.17, 15) is 14.7 Å². The number of benzene rings is 2. The molecule has 6 heteroatoms. The molecule has 0 bridgehead atoms. The van der Waals surface area contributed by atoms with E-state index in [-0.39, 0.29) is 11.3 Å². The standard InChI is InChI=1S/C23H19NO5/c1-14-8-13-18(29-14)20-19(21(25)15-6-4-3-5-7-15)22(26)23(27)24(20)16-9-11-17(28-2)12-10-16/h3-13,20,25H,1-2H3/b21-19-. The van der Waals surface area contributed by atoms with E-state index in [2.05, 4.69) is 0 Å². The molecule has 0 saturated carbocycles. The highest BCUT2D eigenvalue weighted by atomic mass is 16.5. The number of ether oxygens (including phenoxy) is 1. The first-order valence-corrected chi connectivity index (χ1v) is 9.08. The van der Waals surface area contributed by atoms with Crippen molar-refractivity contribution in [3.63, 3.8) is 0 Å².